The van der Waals surface area contributed by atoms with E-state index in [-0.39, 0.29) is 24.9 Å². The smallest absolute Gasteiger partial charge is 0.306 e. The molecule has 0 rings (SSSR count). The van der Waals surface area contributed by atoms with Crippen LogP contribution in [0.3, 0.4) is 0 Å². The molecule has 0 aliphatic rings. The average molecular weight is 830 g/mol. The van der Waals surface area contributed by atoms with E-state index in [1.54, 1.807) is 6.08 Å². The van der Waals surface area contributed by atoms with Crippen LogP contribution in [-0.2, 0) is 14.3 Å². The van der Waals surface area contributed by atoms with Crippen molar-refractivity contribution in [2.24, 2.45) is 0 Å². The van der Waals surface area contributed by atoms with E-state index in [1.807, 2.05) is 30.4 Å². The summed E-state index contributed by atoms with van der Waals surface area (Å²) in [5.74, 6) is -0.673. The zero-order valence-electron chi connectivity index (χ0n) is 38.3. The normalized spacial score (nSPS) is 14.4. The van der Waals surface area contributed by atoms with Gasteiger partial charge in [0.25, 0.3) is 0 Å². The highest BCUT2D eigenvalue weighted by Gasteiger charge is 2.23. The van der Waals surface area contributed by atoms with Gasteiger partial charge in [0.2, 0.25) is 5.91 Å². The van der Waals surface area contributed by atoms with Crippen LogP contribution in [0, 0.1) is 0 Å². The highest BCUT2D eigenvalue weighted by Crippen LogP contribution is 2.14. The Bertz CT molecular complexity index is 1300. The Morgan fingerprint density at radius 1 is 0.533 bits per heavy atom. The van der Waals surface area contributed by atoms with Gasteiger partial charge in [0, 0.05) is 6.42 Å². The molecule has 60 heavy (non-hydrogen) atoms. The Hall–Kier alpha value is -3.74. The van der Waals surface area contributed by atoms with Crippen molar-refractivity contribution in [2.75, 3.05) is 6.61 Å². The van der Waals surface area contributed by atoms with Gasteiger partial charge in [-0.25, -0.2) is 0 Å². The van der Waals surface area contributed by atoms with Crippen molar-refractivity contribution in [2.45, 2.75) is 200 Å². The number of aliphatic hydroxyl groups is 2. The Labute approximate surface area is 368 Å². The zero-order valence-corrected chi connectivity index (χ0v) is 38.3. The molecule has 0 aromatic carbocycles. The first-order valence-corrected chi connectivity index (χ1v) is 23.8. The molecule has 1 amide bonds. The standard InChI is InChI=1S/C54H87NO5/c1-4-7-10-13-16-19-21-23-25-26-28-29-31-34-36-39-42-45-50(48-53(58)55-51(49-56)52(57)46-43-40-37-33-18-15-12-9-6-3)60-54(59)47-44-41-38-35-32-30-27-24-22-20-17-14-11-8-5-2/h7-8,10-11,14,16-17,19-20,22-25,27-29,34,36,42,45,50-52,56-57H,4-6,9,12-13,15,18,21,26,30-33,35,37-41,43-44,46-49H2,1-3H3,(H,55,58)/b10-7-,11-8+,17-14+,19-16-,22-20+,25-23-,27-24-,29-28-,36-34-,45-42-. The van der Waals surface area contributed by atoms with Crippen molar-refractivity contribution in [3.05, 3.63) is 122 Å². The lowest BCUT2D eigenvalue weighted by Crippen LogP contribution is -2.46. The van der Waals surface area contributed by atoms with E-state index in [1.165, 1.54) is 38.5 Å². The summed E-state index contributed by atoms with van der Waals surface area (Å²) in [4.78, 5) is 26.0. The summed E-state index contributed by atoms with van der Waals surface area (Å²) < 4.78 is 5.79. The molecule has 0 aromatic heterocycles. The largest absolute Gasteiger partial charge is 0.458 e. The molecule has 0 aliphatic carbocycles. The van der Waals surface area contributed by atoms with Crippen molar-refractivity contribution in [3.63, 3.8) is 0 Å². The van der Waals surface area contributed by atoms with Crippen molar-refractivity contribution in [1.29, 1.82) is 0 Å². The first-order valence-electron chi connectivity index (χ1n) is 23.8. The number of ether oxygens (including phenoxy) is 1. The summed E-state index contributed by atoms with van der Waals surface area (Å²) in [6.45, 7) is 6.14. The number of hydrogen-bond donors (Lipinski definition) is 3. The molecule has 0 saturated carbocycles. The summed E-state index contributed by atoms with van der Waals surface area (Å²) in [7, 11) is 0. The number of aliphatic hydroxyl groups excluding tert-OH is 2. The molecule has 0 aliphatic heterocycles. The second-order valence-corrected chi connectivity index (χ2v) is 15.5. The van der Waals surface area contributed by atoms with E-state index in [4.69, 9.17) is 4.74 Å². The van der Waals surface area contributed by atoms with Gasteiger partial charge in [-0.15, -0.1) is 0 Å². The second kappa shape index (κ2) is 46.3. The number of unbranched alkanes of at least 4 members (excludes halogenated alkanes) is 13. The van der Waals surface area contributed by atoms with Crippen LogP contribution in [0.15, 0.2) is 122 Å². The number of esters is 1. The maximum Gasteiger partial charge on any atom is 0.306 e. The summed E-state index contributed by atoms with van der Waals surface area (Å²) in [5, 5.41) is 23.6. The minimum atomic E-state index is -0.830. The van der Waals surface area contributed by atoms with Gasteiger partial charge in [-0.3, -0.25) is 9.59 Å². The third-order valence-corrected chi connectivity index (χ3v) is 9.88. The highest BCUT2D eigenvalue weighted by molar-refractivity contribution is 5.78. The molecule has 3 unspecified atom stereocenters. The molecular formula is C54H87NO5. The van der Waals surface area contributed by atoms with E-state index in [2.05, 4.69) is 111 Å². The topological polar surface area (TPSA) is 95.9 Å². The molecule has 6 nitrogen and oxygen atoms in total. The fourth-order valence-corrected chi connectivity index (χ4v) is 6.32. The highest BCUT2D eigenvalue weighted by atomic mass is 16.5. The predicted octanol–water partition coefficient (Wildman–Crippen LogP) is 14.1. The summed E-state index contributed by atoms with van der Waals surface area (Å²) in [6, 6.07) is -0.754. The van der Waals surface area contributed by atoms with Gasteiger partial charge in [-0.05, 0) is 76.7 Å². The van der Waals surface area contributed by atoms with Gasteiger partial charge < -0.3 is 20.3 Å². The summed E-state index contributed by atoms with van der Waals surface area (Å²) in [6.07, 6.45) is 64.3. The number of rotatable bonds is 40. The molecule has 0 fully saturated rings. The Morgan fingerprint density at radius 2 is 1.00 bits per heavy atom. The maximum absolute atomic E-state index is 13.1. The Morgan fingerprint density at radius 3 is 1.55 bits per heavy atom. The molecule has 0 radical (unpaired) electrons. The van der Waals surface area contributed by atoms with Crippen LogP contribution >= 0.6 is 0 Å². The van der Waals surface area contributed by atoms with E-state index < -0.39 is 18.2 Å². The number of nitrogens with one attached hydrogen (secondary N) is 1. The van der Waals surface area contributed by atoms with E-state index in [0.29, 0.717) is 19.3 Å². The number of carbonyl (C=O) groups is 2. The SMILES string of the molecule is CC/C=C\C/C=C\C/C=C\C/C=C\C/C=C\C/C=C\C(CC(=O)NC(CO)C(O)CCCCCCCCCCC)OC(=O)CCCCCCC\C=C/C=C/C=C/C=C/CC. The molecule has 0 saturated heterocycles. The Balaban J connectivity index is 4.87. The van der Waals surface area contributed by atoms with Gasteiger partial charge in [0.1, 0.15) is 6.10 Å². The number of amides is 1. The minimum Gasteiger partial charge on any atom is -0.458 e. The number of allylic oxidation sites excluding steroid dienone is 19. The number of carbonyl (C=O) groups excluding carboxylic acids is 2. The van der Waals surface area contributed by atoms with Crippen molar-refractivity contribution < 1.29 is 24.5 Å². The first kappa shape index (κ1) is 56.3. The lowest BCUT2D eigenvalue weighted by Gasteiger charge is -2.23. The fourth-order valence-electron chi connectivity index (χ4n) is 6.32. The fraction of sp³-hybridized carbons (Fsp3) is 0.593. The van der Waals surface area contributed by atoms with Crippen LogP contribution in [0.4, 0.5) is 0 Å². The molecule has 0 heterocycles. The molecule has 6 heteroatoms. The summed E-state index contributed by atoms with van der Waals surface area (Å²) >= 11 is 0. The molecular weight excluding hydrogens is 743 g/mol. The van der Waals surface area contributed by atoms with Crippen molar-refractivity contribution >= 4 is 11.9 Å². The second-order valence-electron chi connectivity index (χ2n) is 15.5. The predicted molar refractivity (Wildman–Crippen MR) is 259 cm³/mol. The monoisotopic (exact) mass is 830 g/mol. The third kappa shape index (κ3) is 41.0. The zero-order chi connectivity index (χ0) is 43.8. The van der Waals surface area contributed by atoms with E-state index in [9.17, 15) is 19.8 Å². The van der Waals surface area contributed by atoms with E-state index >= 15 is 0 Å². The maximum atomic E-state index is 13.1. The van der Waals surface area contributed by atoms with Crippen LogP contribution in [0.5, 0.6) is 0 Å². The molecule has 0 spiro atoms. The van der Waals surface area contributed by atoms with Gasteiger partial charge in [-0.1, -0.05) is 213 Å². The molecule has 0 bridgehead atoms. The number of hydrogen-bond acceptors (Lipinski definition) is 5. The lowest BCUT2D eigenvalue weighted by atomic mass is 10.0. The molecule has 338 valence electrons. The van der Waals surface area contributed by atoms with Crippen molar-refractivity contribution in [1.82, 2.24) is 5.32 Å². The van der Waals surface area contributed by atoms with Crippen LogP contribution in [0.1, 0.15) is 181 Å². The van der Waals surface area contributed by atoms with Crippen LogP contribution < -0.4 is 5.32 Å². The van der Waals surface area contributed by atoms with Crippen LogP contribution in [0.2, 0.25) is 0 Å². The van der Waals surface area contributed by atoms with Crippen LogP contribution in [0.25, 0.3) is 0 Å². The first-order chi connectivity index (χ1) is 29.5. The average Bonchev–Trinajstić information content (AvgIpc) is 3.24. The molecule has 0 aromatic rings. The third-order valence-electron chi connectivity index (χ3n) is 9.88. The van der Waals surface area contributed by atoms with Gasteiger partial charge >= 0.3 is 5.97 Å². The lowest BCUT2D eigenvalue weighted by molar-refractivity contribution is -0.148. The molecule has 3 N–H and O–H groups in total. The Kier molecular flexibility index (Phi) is 43.4. The van der Waals surface area contributed by atoms with Crippen LogP contribution in [-0.4, -0.2) is 46.9 Å². The van der Waals surface area contributed by atoms with Gasteiger partial charge in [0.15, 0.2) is 0 Å². The minimum absolute atomic E-state index is 0.0654. The molecule has 3 atom stereocenters. The van der Waals surface area contributed by atoms with E-state index in [0.717, 1.165) is 96.3 Å². The van der Waals surface area contributed by atoms with Crippen molar-refractivity contribution in [3.8, 4) is 0 Å². The summed E-state index contributed by atoms with van der Waals surface area (Å²) in [5.41, 5.74) is 0. The van der Waals surface area contributed by atoms with Gasteiger partial charge in [-0.2, -0.15) is 0 Å². The van der Waals surface area contributed by atoms with Gasteiger partial charge in [0.05, 0.1) is 25.2 Å². The quantitative estimate of drug-likeness (QED) is 0.0247.